The summed E-state index contributed by atoms with van der Waals surface area (Å²) in [7, 11) is 0. The fourth-order valence-corrected chi connectivity index (χ4v) is 2.25. The number of aliphatic hydroxyl groups excluding tert-OH is 1. The van der Waals surface area contributed by atoms with Gasteiger partial charge in [-0.15, -0.1) is 0 Å². The van der Waals surface area contributed by atoms with Gasteiger partial charge in [0.1, 0.15) is 0 Å². The van der Waals surface area contributed by atoms with Crippen LogP contribution in [0.5, 0.6) is 0 Å². The van der Waals surface area contributed by atoms with Crippen LogP contribution in [0.25, 0.3) is 0 Å². The van der Waals surface area contributed by atoms with Crippen LogP contribution in [0.4, 0.5) is 18.9 Å². The lowest BCUT2D eigenvalue weighted by molar-refractivity contribution is 0.0944. The normalized spacial score (nSPS) is 10.5. The maximum Gasteiger partial charge on any atom is 0.251 e. The standard InChI is InChI=1S/C17H17F3N2O2/c1-10-12(17(24)21-5-6-23)3-2-4-15(10)22-9-11-7-13(18)16(20)14(19)8-11/h2-4,7-8,22-23H,5-6,9H2,1H3,(H,21,24). The third-order valence-electron chi connectivity index (χ3n) is 3.50. The van der Waals surface area contributed by atoms with E-state index in [1.165, 1.54) is 0 Å². The first-order chi connectivity index (χ1) is 11.4. The number of hydrogen-bond donors (Lipinski definition) is 3. The SMILES string of the molecule is Cc1c(NCc2cc(F)c(F)c(F)c2)cccc1C(=O)NCCO. The van der Waals surface area contributed by atoms with Crippen molar-refractivity contribution in [3.63, 3.8) is 0 Å². The predicted octanol–water partition coefficient (Wildman–Crippen LogP) is 2.75. The van der Waals surface area contributed by atoms with Gasteiger partial charge >= 0.3 is 0 Å². The molecule has 2 aromatic carbocycles. The summed E-state index contributed by atoms with van der Waals surface area (Å²) in [6.07, 6.45) is 0. The van der Waals surface area contributed by atoms with Gasteiger partial charge < -0.3 is 15.7 Å². The minimum absolute atomic E-state index is 0.0661. The molecule has 0 fully saturated rings. The lowest BCUT2D eigenvalue weighted by Gasteiger charge is -2.13. The van der Waals surface area contributed by atoms with Gasteiger partial charge in [0, 0.05) is 24.3 Å². The molecule has 0 atom stereocenters. The fourth-order valence-electron chi connectivity index (χ4n) is 2.25. The van der Waals surface area contributed by atoms with Crippen LogP contribution in [0.3, 0.4) is 0 Å². The Hall–Kier alpha value is -2.54. The van der Waals surface area contributed by atoms with Crippen LogP contribution in [-0.4, -0.2) is 24.2 Å². The monoisotopic (exact) mass is 338 g/mol. The number of rotatable bonds is 6. The molecule has 0 bridgehead atoms. The third kappa shape index (κ3) is 4.05. The maximum atomic E-state index is 13.2. The quantitative estimate of drug-likeness (QED) is 0.710. The summed E-state index contributed by atoms with van der Waals surface area (Å²) in [5.74, 6) is -4.33. The minimum atomic E-state index is -1.50. The molecule has 2 aromatic rings. The maximum absolute atomic E-state index is 13.2. The second-order valence-electron chi connectivity index (χ2n) is 5.18. The zero-order chi connectivity index (χ0) is 17.7. The molecule has 0 aliphatic carbocycles. The molecular formula is C17H17F3N2O2. The summed E-state index contributed by atoms with van der Waals surface area (Å²) >= 11 is 0. The summed E-state index contributed by atoms with van der Waals surface area (Å²) in [6.45, 7) is 1.77. The van der Waals surface area contributed by atoms with E-state index in [0.717, 1.165) is 12.1 Å². The van der Waals surface area contributed by atoms with E-state index in [9.17, 15) is 18.0 Å². The van der Waals surface area contributed by atoms with Crippen molar-refractivity contribution < 1.29 is 23.1 Å². The van der Waals surface area contributed by atoms with Gasteiger partial charge in [0.05, 0.1) is 6.61 Å². The number of hydrogen-bond acceptors (Lipinski definition) is 3. The van der Waals surface area contributed by atoms with Crippen molar-refractivity contribution in [2.75, 3.05) is 18.5 Å². The Labute approximate surface area is 137 Å². The van der Waals surface area contributed by atoms with Crippen LogP contribution in [0, 0.1) is 24.4 Å². The average Bonchev–Trinajstić information content (AvgIpc) is 2.56. The number of aliphatic hydroxyl groups is 1. The molecule has 7 heteroatoms. The lowest BCUT2D eigenvalue weighted by Crippen LogP contribution is -2.27. The highest BCUT2D eigenvalue weighted by Gasteiger charge is 2.13. The molecule has 0 aliphatic rings. The summed E-state index contributed by atoms with van der Waals surface area (Å²) in [6, 6.07) is 6.84. The lowest BCUT2D eigenvalue weighted by atomic mass is 10.1. The van der Waals surface area contributed by atoms with Gasteiger partial charge in [0.25, 0.3) is 5.91 Å². The van der Waals surface area contributed by atoms with E-state index in [-0.39, 0.29) is 31.2 Å². The number of carbonyl (C=O) groups excluding carboxylic acids is 1. The van der Waals surface area contributed by atoms with Crippen LogP contribution < -0.4 is 10.6 Å². The number of anilines is 1. The van der Waals surface area contributed by atoms with Crippen LogP contribution in [0.2, 0.25) is 0 Å². The van der Waals surface area contributed by atoms with E-state index in [1.54, 1.807) is 25.1 Å². The van der Waals surface area contributed by atoms with Gasteiger partial charge in [-0.05, 0) is 42.3 Å². The topological polar surface area (TPSA) is 61.4 Å². The molecule has 0 aromatic heterocycles. The van der Waals surface area contributed by atoms with Gasteiger partial charge in [-0.2, -0.15) is 0 Å². The molecule has 24 heavy (non-hydrogen) atoms. The Morgan fingerprint density at radius 3 is 2.46 bits per heavy atom. The smallest absolute Gasteiger partial charge is 0.251 e. The molecule has 0 spiro atoms. The van der Waals surface area contributed by atoms with Gasteiger partial charge in [0.15, 0.2) is 17.5 Å². The predicted molar refractivity (Wildman–Crippen MR) is 84.2 cm³/mol. The van der Waals surface area contributed by atoms with Gasteiger partial charge in [0.2, 0.25) is 0 Å². The van der Waals surface area contributed by atoms with Gasteiger partial charge in [-0.3, -0.25) is 4.79 Å². The van der Waals surface area contributed by atoms with E-state index in [0.29, 0.717) is 16.8 Å². The first-order valence-electron chi connectivity index (χ1n) is 7.30. The molecule has 0 saturated carbocycles. The molecular weight excluding hydrogens is 321 g/mol. The number of halogens is 3. The van der Waals surface area contributed by atoms with Crippen LogP contribution in [0.1, 0.15) is 21.5 Å². The highest BCUT2D eigenvalue weighted by molar-refractivity contribution is 5.97. The molecule has 0 radical (unpaired) electrons. The van der Waals surface area contributed by atoms with E-state index in [4.69, 9.17) is 5.11 Å². The summed E-state index contributed by atoms with van der Waals surface area (Å²) in [5, 5.41) is 14.3. The molecule has 2 rings (SSSR count). The van der Waals surface area contributed by atoms with E-state index >= 15 is 0 Å². The van der Waals surface area contributed by atoms with Crippen molar-refractivity contribution in [1.82, 2.24) is 5.32 Å². The third-order valence-corrected chi connectivity index (χ3v) is 3.50. The fraction of sp³-hybridized carbons (Fsp3) is 0.235. The second-order valence-corrected chi connectivity index (χ2v) is 5.18. The first kappa shape index (κ1) is 17.8. The molecule has 4 nitrogen and oxygen atoms in total. The van der Waals surface area contributed by atoms with Crippen molar-refractivity contribution in [3.05, 3.63) is 64.5 Å². The van der Waals surface area contributed by atoms with Crippen molar-refractivity contribution >= 4 is 11.6 Å². The van der Waals surface area contributed by atoms with Crippen molar-refractivity contribution in [2.24, 2.45) is 0 Å². The zero-order valence-corrected chi connectivity index (χ0v) is 13.0. The average molecular weight is 338 g/mol. The Morgan fingerprint density at radius 2 is 1.83 bits per heavy atom. The zero-order valence-electron chi connectivity index (χ0n) is 13.0. The number of carbonyl (C=O) groups is 1. The van der Waals surface area contributed by atoms with E-state index in [1.807, 2.05) is 0 Å². The largest absolute Gasteiger partial charge is 0.395 e. The molecule has 128 valence electrons. The molecule has 0 aliphatic heterocycles. The van der Waals surface area contributed by atoms with Gasteiger partial charge in [-0.1, -0.05) is 6.07 Å². The van der Waals surface area contributed by atoms with Gasteiger partial charge in [-0.25, -0.2) is 13.2 Å². The Balaban J connectivity index is 2.15. The highest BCUT2D eigenvalue weighted by Crippen LogP contribution is 2.21. The van der Waals surface area contributed by atoms with Crippen LogP contribution in [0.15, 0.2) is 30.3 Å². The summed E-state index contributed by atoms with van der Waals surface area (Å²) in [4.78, 5) is 12.0. The summed E-state index contributed by atoms with van der Waals surface area (Å²) < 4.78 is 39.4. The van der Waals surface area contributed by atoms with Crippen molar-refractivity contribution in [1.29, 1.82) is 0 Å². The first-order valence-corrected chi connectivity index (χ1v) is 7.30. The van der Waals surface area contributed by atoms with Crippen molar-refractivity contribution in [2.45, 2.75) is 13.5 Å². The molecule has 0 heterocycles. The van der Waals surface area contributed by atoms with Crippen molar-refractivity contribution in [3.8, 4) is 0 Å². The molecule has 1 amide bonds. The van der Waals surface area contributed by atoms with Crippen LogP contribution >= 0.6 is 0 Å². The second kappa shape index (κ2) is 7.83. The molecule has 3 N–H and O–H groups in total. The number of benzene rings is 2. The molecule has 0 unspecified atom stereocenters. The van der Waals surface area contributed by atoms with Crippen LogP contribution in [-0.2, 0) is 6.54 Å². The summed E-state index contributed by atoms with van der Waals surface area (Å²) in [5.41, 5.74) is 1.92. The minimum Gasteiger partial charge on any atom is -0.395 e. The number of nitrogens with one attached hydrogen (secondary N) is 2. The van der Waals surface area contributed by atoms with E-state index < -0.39 is 17.5 Å². The Bertz CT molecular complexity index is 728. The Kier molecular flexibility index (Phi) is 5.81. The molecule has 0 saturated heterocycles. The number of amides is 1. The van der Waals surface area contributed by atoms with E-state index in [2.05, 4.69) is 10.6 Å². The Morgan fingerprint density at radius 1 is 1.17 bits per heavy atom. The highest BCUT2D eigenvalue weighted by atomic mass is 19.2.